The second kappa shape index (κ2) is 8.70. The molecule has 24 heavy (non-hydrogen) atoms. The van der Waals surface area contributed by atoms with Crippen LogP contribution in [0.25, 0.3) is 0 Å². The highest BCUT2D eigenvalue weighted by Gasteiger charge is 2.15. The van der Waals surface area contributed by atoms with Crippen molar-refractivity contribution >= 4 is 46.6 Å². The van der Waals surface area contributed by atoms with Crippen molar-refractivity contribution in [2.45, 2.75) is 12.2 Å². The predicted octanol–water partition coefficient (Wildman–Crippen LogP) is 4.18. The highest BCUT2D eigenvalue weighted by atomic mass is 35.5. The van der Waals surface area contributed by atoms with Gasteiger partial charge in [0.1, 0.15) is 5.82 Å². The van der Waals surface area contributed by atoms with E-state index in [-0.39, 0.29) is 23.4 Å². The van der Waals surface area contributed by atoms with Crippen LogP contribution < -0.4 is 10.6 Å². The zero-order chi connectivity index (χ0) is 17.5. The zero-order valence-corrected chi connectivity index (χ0v) is 14.5. The molecule has 0 aliphatic rings. The molecule has 2 amide bonds. The molecule has 0 spiro atoms. The molecule has 0 fully saturated rings. The molecule has 0 heterocycles. The van der Waals surface area contributed by atoms with Gasteiger partial charge in [0.05, 0.1) is 11.0 Å². The van der Waals surface area contributed by atoms with Crippen LogP contribution in [0.15, 0.2) is 48.5 Å². The molecule has 1 unspecified atom stereocenters. The molecule has 7 heteroatoms. The van der Waals surface area contributed by atoms with Gasteiger partial charge in [-0.05, 0) is 55.5 Å². The van der Waals surface area contributed by atoms with E-state index in [0.717, 1.165) is 0 Å². The number of benzene rings is 2. The van der Waals surface area contributed by atoms with Crippen molar-refractivity contribution in [1.82, 2.24) is 0 Å². The first-order chi connectivity index (χ1) is 11.4. The normalized spacial score (nSPS) is 11.6. The van der Waals surface area contributed by atoms with Crippen molar-refractivity contribution in [2.24, 2.45) is 0 Å². The first-order valence-corrected chi connectivity index (χ1v) is 8.60. The zero-order valence-electron chi connectivity index (χ0n) is 12.9. The minimum absolute atomic E-state index is 0.118. The molecule has 4 nitrogen and oxygen atoms in total. The van der Waals surface area contributed by atoms with Crippen LogP contribution in [0.2, 0.25) is 5.02 Å². The van der Waals surface area contributed by atoms with Gasteiger partial charge in [-0.2, -0.15) is 0 Å². The summed E-state index contributed by atoms with van der Waals surface area (Å²) < 4.78 is 12.8. The van der Waals surface area contributed by atoms with E-state index >= 15 is 0 Å². The van der Waals surface area contributed by atoms with Gasteiger partial charge in [0.15, 0.2) is 0 Å². The summed E-state index contributed by atoms with van der Waals surface area (Å²) in [7, 11) is 0. The highest BCUT2D eigenvalue weighted by molar-refractivity contribution is 8.01. The molecule has 0 saturated carbocycles. The molecule has 2 aromatic rings. The van der Waals surface area contributed by atoms with Gasteiger partial charge >= 0.3 is 0 Å². The SMILES string of the molecule is CC(SCC(=O)Nc1ccc(F)cc1)C(=O)Nc1ccc(Cl)cc1. The summed E-state index contributed by atoms with van der Waals surface area (Å²) in [5.41, 5.74) is 1.16. The van der Waals surface area contributed by atoms with Gasteiger partial charge in [0.25, 0.3) is 0 Å². The van der Waals surface area contributed by atoms with Crippen molar-refractivity contribution in [3.05, 3.63) is 59.4 Å². The number of anilines is 2. The molecular formula is C17H16ClFN2O2S. The van der Waals surface area contributed by atoms with E-state index in [0.29, 0.717) is 16.4 Å². The molecule has 2 rings (SSSR count). The van der Waals surface area contributed by atoms with Crippen LogP contribution in [0.1, 0.15) is 6.92 Å². The van der Waals surface area contributed by atoms with Crippen molar-refractivity contribution in [3.8, 4) is 0 Å². The minimum atomic E-state index is -0.403. The number of thioether (sulfide) groups is 1. The third-order valence-electron chi connectivity index (χ3n) is 3.07. The molecule has 0 aromatic heterocycles. The van der Waals surface area contributed by atoms with Crippen LogP contribution in [0.3, 0.4) is 0 Å². The Labute approximate surface area is 148 Å². The fourth-order valence-corrected chi connectivity index (χ4v) is 2.59. The second-order valence-electron chi connectivity index (χ2n) is 5.00. The van der Waals surface area contributed by atoms with Crippen LogP contribution >= 0.6 is 23.4 Å². The number of hydrogen-bond donors (Lipinski definition) is 2. The second-order valence-corrected chi connectivity index (χ2v) is 6.77. The third-order valence-corrected chi connectivity index (χ3v) is 4.47. The van der Waals surface area contributed by atoms with Gasteiger partial charge in [0, 0.05) is 16.4 Å². The maximum Gasteiger partial charge on any atom is 0.237 e. The minimum Gasteiger partial charge on any atom is -0.325 e. The fraction of sp³-hybridized carbons (Fsp3) is 0.176. The lowest BCUT2D eigenvalue weighted by atomic mass is 10.3. The Morgan fingerprint density at radius 3 is 2.21 bits per heavy atom. The molecule has 0 aliphatic heterocycles. The maximum absolute atomic E-state index is 12.8. The average Bonchev–Trinajstić information content (AvgIpc) is 2.57. The van der Waals surface area contributed by atoms with Crippen molar-refractivity contribution in [1.29, 1.82) is 0 Å². The molecule has 0 aliphatic carbocycles. The molecule has 0 radical (unpaired) electrons. The van der Waals surface area contributed by atoms with E-state index in [4.69, 9.17) is 11.6 Å². The average molecular weight is 367 g/mol. The molecule has 126 valence electrons. The molecule has 0 bridgehead atoms. The summed E-state index contributed by atoms with van der Waals surface area (Å²) in [5.74, 6) is -0.698. The summed E-state index contributed by atoms with van der Waals surface area (Å²) in [6, 6.07) is 12.3. The van der Waals surface area contributed by atoms with Gasteiger partial charge in [0.2, 0.25) is 11.8 Å². The van der Waals surface area contributed by atoms with Crippen LogP contribution in [0, 0.1) is 5.82 Å². The van der Waals surface area contributed by atoms with Crippen molar-refractivity contribution < 1.29 is 14.0 Å². The van der Waals surface area contributed by atoms with Gasteiger partial charge in [-0.1, -0.05) is 11.6 Å². The van der Waals surface area contributed by atoms with E-state index in [1.165, 1.54) is 36.0 Å². The number of amides is 2. The highest BCUT2D eigenvalue weighted by Crippen LogP contribution is 2.17. The van der Waals surface area contributed by atoms with Crippen LogP contribution in [-0.4, -0.2) is 22.8 Å². The number of halogens is 2. The Hall–Kier alpha value is -2.05. The lowest BCUT2D eigenvalue weighted by Gasteiger charge is -2.12. The monoisotopic (exact) mass is 366 g/mol. The maximum atomic E-state index is 12.8. The van der Waals surface area contributed by atoms with E-state index in [2.05, 4.69) is 10.6 Å². The van der Waals surface area contributed by atoms with Crippen LogP contribution in [0.5, 0.6) is 0 Å². The lowest BCUT2D eigenvalue weighted by molar-refractivity contribution is -0.115. The number of carbonyl (C=O) groups excluding carboxylic acids is 2. The number of carbonyl (C=O) groups is 2. The molecule has 0 saturated heterocycles. The van der Waals surface area contributed by atoms with E-state index in [1.54, 1.807) is 31.2 Å². The largest absolute Gasteiger partial charge is 0.325 e. The van der Waals surface area contributed by atoms with Crippen molar-refractivity contribution in [3.63, 3.8) is 0 Å². The Bertz CT molecular complexity index is 708. The van der Waals surface area contributed by atoms with Crippen molar-refractivity contribution in [2.75, 3.05) is 16.4 Å². The molecule has 2 N–H and O–H groups in total. The smallest absolute Gasteiger partial charge is 0.237 e. The lowest BCUT2D eigenvalue weighted by Crippen LogP contribution is -2.25. The van der Waals surface area contributed by atoms with Gasteiger partial charge in [-0.25, -0.2) is 4.39 Å². The number of rotatable bonds is 6. The first kappa shape index (κ1) is 18.3. The van der Waals surface area contributed by atoms with Gasteiger partial charge in [-0.3, -0.25) is 9.59 Å². The Morgan fingerprint density at radius 1 is 1.04 bits per heavy atom. The van der Waals surface area contributed by atoms with E-state index in [1.807, 2.05) is 0 Å². The van der Waals surface area contributed by atoms with Crippen LogP contribution in [0.4, 0.5) is 15.8 Å². The standard InChI is InChI=1S/C17H16ClFN2O2S/c1-11(17(23)21-15-6-2-12(18)3-7-15)24-10-16(22)20-14-8-4-13(19)5-9-14/h2-9,11H,10H2,1H3,(H,20,22)(H,21,23). The molecule has 1 atom stereocenters. The summed E-state index contributed by atoms with van der Waals surface area (Å²) in [6.07, 6.45) is 0. The van der Waals surface area contributed by atoms with Gasteiger partial charge < -0.3 is 10.6 Å². The van der Waals surface area contributed by atoms with E-state index in [9.17, 15) is 14.0 Å². The Kier molecular flexibility index (Phi) is 6.63. The number of hydrogen-bond acceptors (Lipinski definition) is 3. The Balaban J connectivity index is 1.77. The number of nitrogens with one attached hydrogen (secondary N) is 2. The summed E-state index contributed by atoms with van der Waals surface area (Å²) in [4.78, 5) is 23.9. The van der Waals surface area contributed by atoms with E-state index < -0.39 is 5.25 Å². The summed E-state index contributed by atoms with van der Waals surface area (Å²) in [6.45, 7) is 1.72. The quantitative estimate of drug-likeness (QED) is 0.806. The first-order valence-electron chi connectivity index (χ1n) is 7.17. The Morgan fingerprint density at radius 2 is 1.58 bits per heavy atom. The van der Waals surface area contributed by atoms with Gasteiger partial charge in [-0.15, -0.1) is 11.8 Å². The topological polar surface area (TPSA) is 58.2 Å². The summed E-state index contributed by atoms with van der Waals surface area (Å²) >= 11 is 7.00. The fourth-order valence-electron chi connectivity index (χ4n) is 1.78. The third kappa shape index (κ3) is 5.86. The van der Waals surface area contributed by atoms with Crippen LogP contribution in [-0.2, 0) is 9.59 Å². The predicted molar refractivity (Wildman–Crippen MR) is 97.0 cm³/mol. The molecule has 2 aromatic carbocycles. The summed E-state index contributed by atoms with van der Waals surface area (Å²) in [5, 5.41) is 5.59. The molecular weight excluding hydrogens is 351 g/mol.